The van der Waals surface area contributed by atoms with Gasteiger partial charge in [0.1, 0.15) is 0 Å². The summed E-state index contributed by atoms with van der Waals surface area (Å²) in [6.07, 6.45) is 3.90. The number of nitrogens with one attached hydrogen (secondary N) is 1. The van der Waals surface area contributed by atoms with Crippen LogP contribution in [0.15, 0.2) is 0 Å². The largest absolute Gasteiger partial charge is 0.372 e. The van der Waals surface area contributed by atoms with Gasteiger partial charge in [0.15, 0.2) is 0 Å². The first kappa shape index (κ1) is 6.62. The highest BCUT2D eigenvalue weighted by Crippen LogP contribution is 2.36. The van der Waals surface area contributed by atoms with E-state index in [9.17, 15) is 0 Å². The van der Waals surface area contributed by atoms with Gasteiger partial charge in [0.25, 0.3) is 0 Å². The fraction of sp³-hybridized carbons (Fsp3) is 1.00. The number of hydrogen-bond acceptors (Lipinski definition) is 2. The van der Waals surface area contributed by atoms with Crippen LogP contribution >= 0.6 is 0 Å². The van der Waals surface area contributed by atoms with Crippen molar-refractivity contribution >= 4 is 0 Å². The SMILES string of the molecule is C[C@H]1COC2(CCC2)CN1. The molecule has 1 saturated heterocycles. The van der Waals surface area contributed by atoms with E-state index in [2.05, 4.69) is 12.2 Å². The Bertz CT molecular complexity index is 121. The Labute approximate surface area is 61.9 Å². The summed E-state index contributed by atoms with van der Waals surface area (Å²) in [6, 6.07) is 0.561. The predicted octanol–water partition coefficient (Wildman–Crippen LogP) is 0.917. The third-order valence-corrected chi connectivity index (χ3v) is 2.68. The molecule has 0 aromatic heterocycles. The molecular weight excluding hydrogens is 126 g/mol. The Kier molecular flexibility index (Phi) is 1.46. The van der Waals surface area contributed by atoms with Gasteiger partial charge < -0.3 is 10.1 Å². The van der Waals surface area contributed by atoms with Crippen molar-refractivity contribution in [3.8, 4) is 0 Å². The van der Waals surface area contributed by atoms with Gasteiger partial charge in [0.05, 0.1) is 12.2 Å². The standard InChI is InChI=1S/C8H15NO/c1-7-5-10-8(6-9-7)3-2-4-8/h7,9H,2-6H2,1H3/t7-/m0/s1. The second-order valence-electron chi connectivity index (χ2n) is 3.63. The molecule has 58 valence electrons. The third-order valence-electron chi connectivity index (χ3n) is 2.68. The molecule has 0 aromatic rings. The molecule has 1 spiro atoms. The number of rotatable bonds is 0. The number of ether oxygens (including phenoxy) is 1. The minimum absolute atomic E-state index is 0.270. The van der Waals surface area contributed by atoms with Crippen LogP contribution < -0.4 is 5.32 Å². The molecule has 1 atom stereocenters. The molecule has 2 heteroatoms. The highest BCUT2D eigenvalue weighted by molar-refractivity contribution is 4.95. The maximum atomic E-state index is 5.75. The molecule has 2 nitrogen and oxygen atoms in total. The lowest BCUT2D eigenvalue weighted by Gasteiger charge is -2.46. The van der Waals surface area contributed by atoms with Crippen LogP contribution in [0.3, 0.4) is 0 Å². The van der Waals surface area contributed by atoms with E-state index in [1.54, 1.807) is 0 Å². The maximum absolute atomic E-state index is 5.75. The van der Waals surface area contributed by atoms with Crippen molar-refractivity contribution in [1.82, 2.24) is 5.32 Å². The minimum atomic E-state index is 0.270. The van der Waals surface area contributed by atoms with Gasteiger partial charge in [0, 0.05) is 12.6 Å². The fourth-order valence-corrected chi connectivity index (χ4v) is 1.66. The molecule has 0 unspecified atom stereocenters. The highest BCUT2D eigenvalue weighted by atomic mass is 16.5. The number of hydrogen-bond donors (Lipinski definition) is 1. The van der Waals surface area contributed by atoms with Crippen LogP contribution in [0.25, 0.3) is 0 Å². The Balaban J connectivity index is 1.90. The van der Waals surface area contributed by atoms with E-state index in [1.807, 2.05) is 0 Å². The van der Waals surface area contributed by atoms with Crippen molar-refractivity contribution in [3.05, 3.63) is 0 Å². The van der Waals surface area contributed by atoms with E-state index in [0.717, 1.165) is 13.2 Å². The van der Waals surface area contributed by atoms with Crippen LogP contribution in [0, 0.1) is 0 Å². The summed E-state index contributed by atoms with van der Waals surface area (Å²) in [7, 11) is 0. The molecule has 0 bridgehead atoms. The van der Waals surface area contributed by atoms with Crippen molar-refractivity contribution < 1.29 is 4.74 Å². The van der Waals surface area contributed by atoms with Crippen LogP contribution in [-0.2, 0) is 4.74 Å². The lowest BCUT2D eigenvalue weighted by Crippen LogP contribution is -2.57. The van der Waals surface area contributed by atoms with Gasteiger partial charge >= 0.3 is 0 Å². The summed E-state index contributed by atoms with van der Waals surface area (Å²) >= 11 is 0. The summed E-state index contributed by atoms with van der Waals surface area (Å²) in [5.41, 5.74) is 0.270. The van der Waals surface area contributed by atoms with Crippen LogP contribution in [0.5, 0.6) is 0 Å². The van der Waals surface area contributed by atoms with Crippen molar-refractivity contribution in [3.63, 3.8) is 0 Å². The van der Waals surface area contributed by atoms with Crippen molar-refractivity contribution in [2.75, 3.05) is 13.2 Å². The Morgan fingerprint density at radius 1 is 1.50 bits per heavy atom. The summed E-state index contributed by atoms with van der Waals surface area (Å²) < 4.78 is 5.75. The van der Waals surface area contributed by atoms with E-state index in [0.29, 0.717) is 6.04 Å². The molecule has 1 aliphatic carbocycles. The predicted molar refractivity (Wildman–Crippen MR) is 40.0 cm³/mol. The summed E-state index contributed by atoms with van der Waals surface area (Å²) in [5.74, 6) is 0. The smallest absolute Gasteiger partial charge is 0.0807 e. The van der Waals surface area contributed by atoms with E-state index < -0.39 is 0 Å². The number of morpholine rings is 1. The van der Waals surface area contributed by atoms with Gasteiger partial charge in [-0.15, -0.1) is 0 Å². The highest BCUT2D eigenvalue weighted by Gasteiger charge is 2.40. The zero-order chi connectivity index (χ0) is 7.03. The first-order valence-electron chi connectivity index (χ1n) is 4.18. The van der Waals surface area contributed by atoms with Gasteiger partial charge in [-0.2, -0.15) is 0 Å². The second-order valence-corrected chi connectivity index (χ2v) is 3.63. The van der Waals surface area contributed by atoms with E-state index in [-0.39, 0.29) is 5.60 Å². The summed E-state index contributed by atoms with van der Waals surface area (Å²) in [4.78, 5) is 0. The van der Waals surface area contributed by atoms with E-state index >= 15 is 0 Å². The molecule has 0 aromatic carbocycles. The Morgan fingerprint density at radius 2 is 2.30 bits per heavy atom. The zero-order valence-electron chi connectivity index (χ0n) is 6.52. The topological polar surface area (TPSA) is 21.3 Å². The van der Waals surface area contributed by atoms with E-state index in [4.69, 9.17) is 4.74 Å². The lowest BCUT2D eigenvalue weighted by atomic mass is 9.79. The summed E-state index contributed by atoms with van der Waals surface area (Å²) in [5, 5.41) is 3.45. The normalized spacial score (nSPS) is 37.5. The average molecular weight is 141 g/mol. The third kappa shape index (κ3) is 0.956. The monoisotopic (exact) mass is 141 g/mol. The quantitative estimate of drug-likeness (QED) is 0.541. The molecule has 1 heterocycles. The second kappa shape index (κ2) is 2.21. The van der Waals surface area contributed by atoms with Crippen LogP contribution in [-0.4, -0.2) is 24.8 Å². The molecule has 0 amide bonds. The molecule has 2 rings (SSSR count). The summed E-state index contributed by atoms with van der Waals surface area (Å²) in [6.45, 7) is 4.15. The molecule has 1 N–H and O–H groups in total. The average Bonchev–Trinajstić information content (AvgIpc) is 1.86. The first-order valence-corrected chi connectivity index (χ1v) is 4.18. The van der Waals surface area contributed by atoms with Crippen LogP contribution in [0.1, 0.15) is 26.2 Å². The molecular formula is C8H15NO. The van der Waals surface area contributed by atoms with Gasteiger partial charge in [-0.25, -0.2) is 0 Å². The fourth-order valence-electron chi connectivity index (χ4n) is 1.66. The van der Waals surface area contributed by atoms with Crippen molar-refractivity contribution in [1.29, 1.82) is 0 Å². The van der Waals surface area contributed by atoms with E-state index in [1.165, 1.54) is 19.3 Å². The molecule has 10 heavy (non-hydrogen) atoms. The molecule has 2 aliphatic rings. The molecule has 2 fully saturated rings. The Hall–Kier alpha value is -0.0800. The first-order chi connectivity index (χ1) is 4.81. The Morgan fingerprint density at radius 3 is 2.70 bits per heavy atom. The van der Waals surface area contributed by atoms with Gasteiger partial charge in [-0.3, -0.25) is 0 Å². The molecule has 0 radical (unpaired) electrons. The molecule has 1 aliphatic heterocycles. The zero-order valence-corrected chi connectivity index (χ0v) is 6.52. The molecule has 1 saturated carbocycles. The van der Waals surface area contributed by atoms with Crippen LogP contribution in [0.2, 0.25) is 0 Å². The van der Waals surface area contributed by atoms with Crippen molar-refractivity contribution in [2.24, 2.45) is 0 Å². The van der Waals surface area contributed by atoms with Gasteiger partial charge in [-0.05, 0) is 26.2 Å². The van der Waals surface area contributed by atoms with Crippen LogP contribution in [0.4, 0.5) is 0 Å². The van der Waals surface area contributed by atoms with Gasteiger partial charge in [-0.1, -0.05) is 0 Å². The lowest BCUT2D eigenvalue weighted by molar-refractivity contribution is -0.127. The minimum Gasteiger partial charge on any atom is -0.372 e. The van der Waals surface area contributed by atoms with Gasteiger partial charge in [0.2, 0.25) is 0 Å². The maximum Gasteiger partial charge on any atom is 0.0807 e. The van der Waals surface area contributed by atoms with Crippen molar-refractivity contribution in [2.45, 2.75) is 37.8 Å².